The van der Waals surface area contributed by atoms with E-state index in [2.05, 4.69) is 9.97 Å². The summed E-state index contributed by atoms with van der Waals surface area (Å²) in [6.07, 6.45) is 0. The molecular weight excluding hydrogens is 404 g/mol. The predicted octanol–water partition coefficient (Wildman–Crippen LogP) is 3.98. The molecule has 2 aromatic carbocycles. The van der Waals surface area contributed by atoms with Crippen molar-refractivity contribution in [3.8, 4) is 5.69 Å². The van der Waals surface area contributed by atoms with Gasteiger partial charge in [-0.3, -0.25) is 14.2 Å². The maximum Gasteiger partial charge on any atom is 0.268 e. The van der Waals surface area contributed by atoms with Crippen molar-refractivity contribution in [2.45, 2.75) is 10.9 Å². The summed E-state index contributed by atoms with van der Waals surface area (Å²) < 4.78 is 2.22. The molecule has 0 radical (unpaired) electrons. The van der Waals surface area contributed by atoms with Crippen LogP contribution in [0.5, 0.6) is 0 Å². The van der Waals surface area contributed by atoms with Crippen molar-refractivity contribution in [3.05, 3.63) is 92.6 Å². The van der Waals surface area contributed by atoms with Gasteiger partial charge in [0.1, 0.15) is 10.5 Å². The lowest BCUT2D eigenvalue weighted by Gasteiger charge is -2.13. The number of aromatic amines is 1. The molecule has 8 heteroatoms. The summed E-state index contributed by atoms with van der Waals surface area (Å²) in [6, 6.07) is 18.6. The first-order valence-corrected chi connectivity index (χ1v) is 10.7. The highest BCUT2D eigenvalue weighted by Gasteiger charge is 2.14. The molecule has 0 unspecified atom stereocenters. The summed E-state index contributed by atoms with van der Waals surface area (Å²) >= 11 is 2.74. The van der Waals surface area contributed by atoms with Crippen LogP contribution < -0.4 is 11.1 Å². The second-order valence-electron chi connectivity index (χ2n) is 6.32. The van der Waals surface area contributed by atoms with Gasteiger partial charge >= 0.3 is 0 Å². The third-order valence-electron chi connectivity index (χ3n) is 4.46. The normalized spacial score (nSPS) is 11.3. The fraction of sp³-hybridized carbons (Fsp3) is 0.0476. The van der Waals surface area contributed by atoms with E-state index in [0.29, 0.717) is 37.9 Å². The maximum atomic E-state index is 13.2. The monoisotopic (exact) mass is 418 g/mol. The van der Waals surface area contributed by atoms with Gasteiger partial charge in [0.15, 0.2) is 5.16 Å². The van der Waals surface area contributed by atoms with Crippen molar-refractivity contribution in [2.24, 2.45) is 0 Å². The number of benzene rings is 2. The van der Waals surface area contributed by atoms with Crippen LogP contribution in [0, 0.1) is 0 Å². The van der Waals surface area contributed by atoms with E-state index < -0.39 is 0 Å². The van der Waals surface area contributed by atoms with Crippen molar-refractivity contribution in [3.63, 3.8) is 0 Å². The lowest BCUT2D eigenvalue weighted by Crippen LogP contribution is -2.21. The zero-order valence-electron chi connectivity index (χ0n) is 15.0. The summed E-state index contributed by atoms with van der Waals surface area (Å²) in [5, 5.41) is 2.96. The van der Waals surface area contributed by atoms with Crippen LogP contribution in [0.25, 0.3) is 26.8 Å². The van der Waals surface area contributed by atoms with Gasteiger partial charge in [0.2, 0.25) is 0 Å². The number of rotatable bonds is 4. The van der Waals surface area contributed by atoms with Crippen LogP contribution in [0.15, 0.2) is 80.8 Å². The molecule has 0 bridgehead atoms. The van der Waals surface area contributed by atoms with Crippen molar-refractivity contribution in [2.75, 3.05) is 0 Å². The average molecular weight is 419 g/mol. The Morgan fingerprint density at radius 3 is 2.59 bits per heavy atom. The fourth-order valence-electron chi connectivity index (χ4n) is 3.14. The first-order valence-electron chi connectivity index (χ1n) is 8.87. The van der Waals surface area contributed by atoms with Crippen LogP contribution >= 0.6 is 23.1 Å². The first kappa shape index (κ1) is 17.8. The number of hydrogen-bond donors (Lipinski definition) is 1. The van der Waals surface area contributed by atoms with Gasteiger partial charge in [0.25, 0.3) is 11.1 Å². The van der Waals surface area contributed by atoms with Crippen LogP contribution in [0.4, 0.5) is 0 Å². The molecule has 3 heterocycles. The molecule has 0 aliphatic carbocycles. The Bertz CT molecular complexity index is 1450. The summed E-state index contributed by atoms with van der Waals surface area (Å²) in [5.41, 5.74) is 1.79. The minimum absolute atomic E-state index is 0.126. The summed E-state index contributed by atoms with van der Waals surface area (Å²) in [7, 11) is 0. The molecule has 5 rings (SSSR count). The first-order chi connectivity index (χ1) is 14.2. The number of aromatic nitrogens is 4. The average Bonchev–Trinajstić information content (AvgIpc) is 3.22. The molecule has 0 saturated heterocycles. The Kier molecular flexibility index (Phi) is 4.49. The minimum Gasteiger partial charge on any atom is -0.309 e. The van der Waals surface area contributed by atoms with Crippen molar-refractivity contribution < 1.29 is 0 Å². The number of fused-ring (bicyclic) bond motifs is 2. The molecule has 3 aromatic heterocycles. The van der Waals surface area contributed by atoms with Gasteiger partial charge in [-0.25, -0.2) is 9.97 Å². The van der Waals surface area contributed by atoms with Crippen molar-refractivity contribution in [1.29, 1.82) is 0 Å². The van der Waals surface area contributed by atoms with E-state index in [1.165, 1.54) is 23.1 Å². The van der Waals surface area contributed by atoms with Crippen LogP contribution in [-0.4, -0.2) is 19.5 Å². The minimum atomic E-state index is -0.146. The second kappa shape index (κ2) is 7.31. The number of thioether (sulfide) groups is 1. The SMILES string of the molecule is O=c1[nH]c(CSc2nc3ccccc3c(=O)n2-c2ccccc2)nc2ccsc12. The molecule has 1 N–H and O–H groups in total. The molecule has 0 fully saturated rings. The fourth-order valence-corrected chi connectivity index (χ4v) is 4.75. The lowest BCUT2D eigenvalue weighted by atomic mass is 10.2. The molecule has 6 nitrogen and oxygen atoms in total. The van der Waals surface area contributed by atoms with Gasteiger partial charge in [0, 0.05) is 0 Å². The Balaban J connectivity index is 1.61. The Morgan fingerprint density at radius 2 is 1.72 bits per heavy atom. The molecule has 5 aromatic rings. The highest BCUT2D eigenvalue weighted by Crippen LogP contribution is 2.24. The molecule has 0 aliphatic heterocycles. The molecule has 0 atom stereocenters. The standard InChI is InChI=1S/C21H14N4O2S2/c26-19-18-16(10-11-28-18)22-17(24-19)12-29-21-23-15-9-5-4-8-14(15)20(27)25(21)13-6-2-1-3-7-13/h1-11H,12H2,(H,22,24,26). The van der Waals surface area contributed by atoms with Crippen molar-refractivity contribution >= 4 is 44.2 Å². The van der Waals surface area contributed by atoms with Gasteiger partial charge in [0.05, 0.1) is 27.9 Å². The smallest absolute Gasteiger partial charge is 0.268 e. The molecule has 142 valence electrons. The largest absolute Gasteiger partial charge is 0.309 e. The van der Waals surface area contributed by atoms with E-state index in [4.69, 9.17) is 4.98 Å². The highest BCUT2D eigenvalue weighted by molar-refractivity contribution is 7.98. The highest BCUT2D eigenvalue weighted by atomic mass is 32.2. The van der Waals surface area contributed by atoms with Gasteiger partial charge in [-0.05, 0) is 35.7 Å². The zero-order valence-corrected chi connectivity index (χ0v) is 16.7. The molecule has 0 amide bonds. The van der Waals surface area contributed by atoms with Crippen LogP contribution in [-0.2, 0) is 5.75 Å². The van der Waals surface area contributed by atoms with Gasteiger partial charge < -0.3 is 4.98 Å². The van der Waals surface area contributed by atoms with Crippen LogP contribution in [0.3, 0.4) is 0 Å². The van der Waals surface area contributed by atoms with E-state index in [1.807, 2.05) is 60.0 Å². The number of nitrogens with one attached hydrogen (secondary N) is 1. The van der Waals surface area contributed by atoms with E-state index in [1.54, 1.807) is 10.6 Å². The summed E-state index contributed by atoms with van der Waals surface area (Å²) in [4.78, 5) is 37.5. The van der Waals surface area contributed by atoms with Gasteiger partial charge in [-0.2, -0.15) is 0 Å². The van der Waals surface area contributed by atoms with E-state index in [-0.39, 0.29) is 11.1 Å². The third kappa shape index (κ3) is 3.26. The third-order valence-corrected chi connectivity index (χ3v) is 6.31. The van der Waals surface area contributed by atoms with E-state index >= 15 is 0 Å². The van der Waals surface area contributed by atoms with E-state index in [9.17, 15) is 9.59 Å². The Hall–Kier alpha value is -3.23. The molecule has 0 aliphatic rings. The van der Waals surface area contributed by atoms with Gasteiger partial charge in [-0.1, -0.05) is 42.1 Å². The van der Waals surface area contributed by atoms with Crippen LogP contribution in [0.1, 0.15) is 5.82 Å². The number of para-hydroxylation sites is 2. The predicted molar refractivity (Wildman–Crippen MR) is 117 cm³/mol. The van der Waals surface area contributed by atoms with Crippen molar-refractivity contribution in [1.82, 2.24) is 19.5 Å². The lowest BCUT2D eigenvalue weighted by molar-refractivity contribution is 0.818. The van der Waals surface area contributed by atoms with Crippen LogP contribution in [0.2, 0.25) is 0 Å². The molecule has 0 saturated carbocycles. The second-order valence-corrected chi connectivity index (χ2v) is 8.18. The number of thiophene rings is 1. The zero-order chi connectivity index (χ0) is 19.8. The number of H-pyrrole nitrogens is 1. The maximum absolute atomic E-state index is 13.2. The Labute approximate surface area is 172 Å². The van der Waals surface area contributed by atoms with Gasteiger partial charge in [-0.15, -0.1) is 11.3 Å². The quantitative estimate of drug-likeness (QED) is 0.353. The topological polar surface area (TPSA) is 80.6 Å². The Morgan fingerprint density at radius 1 is 0.931 bits per heavy atom. The molecular formula is C21H14N4O2S2. The molecule has 29 heavy (non-hydrogen) atoms. The van der Waals surface area contributed by atoms with E-state index in [0.717, 1.165) is 5.69 Å². The number of hydrogen-bond acceptors (Lipinski definition) is 6. The molecule has 0 spiro atoms. The summed E-state index contributed by atoms with van der Waals surface area (Å²) in [6.45, 7) is 0. The summed E-state index contributed by atoms with van der Waals surface area (Å²) in [5.74, 6) is 0.937. The number of nitrogens with zero attached hydrogens (tertiary/aromatic N) is 3.